The van der Waals surface area contributed by atoms with E-state index in [-0.39, 0.29) is 6.61 Å². The molecule has 0 aromatic rings. The third-order valence-electron chi connectivity index (χ3n) is 5.12. The van der Waals surface area contributed by atoms with Gasteiger partial charge in [0, 0.05) is 6.54 Å². The van der Waals surface area contributed by atoms with Crippen molar-refractivity contribution in [2.24, 2.45) is 0 Å². The molecule has 6 nitrogen and oxygen atoms in total. The van der Waals surface area contributed by atoms with Crippen LogP contribution in [-0.2, 0) is 0 Å². The van der Waals surface area contributed by atoms with Crippen molar-refractivity contribution in [3.8, 4) is 0 Å². The molecular weight excluding hydrogens is 310 g/mol. The van der Waals surface area contributed by atoms with Gasteiger partial charge < -0.3 is 25.5 Å². The number of nitrogens with zero attached hydrogens (tertiary/aromatic N) is 1. The Morgan fingerprint density at radius 2 is 1.17 bits per heavy atom. The molecule has 0 spiro atoms. The average molecular weight is 347 g/mol. The van der Waals surface area contributed by atoms with Crippen LogP contribution in [-0.4, -0.2) is 74.2 Å². The molecule has 24 heavy (non-hydrogen) atoms. The Balaban J connectivity index is 2.18. The molecule has 144 valence electrons. The molecule has 1 aliphatic rings. The topological polar surface area (TPSA) is 104 Å². The minimum atomic E-state index is -1.43. The molecule has 5 N–H and O–H groups in total. The lowest BCUT2D eigenvalue weighted by Gasteiger charge is -2.46. The van der Waals surface area contributed by atoms with Crippen LogP contribution in [0.25, 0.3) is 0 Å². The van der Waals surface area contributed by atoms with E-state index in [1.165, 1.54) is 49.8 Å². The molecule has 1 saturated heterocycles. The van der Waals surface area contributed by atoms with Crippen molar-refractivity contribution in [2.45, 2.75) is 102 Å². The Kier molecular flexibility index (Phi) is 11.1. The van der Waals surface area contributed by atoms with Crippen LogP contribution in [0, 0.1) is 0 Å². The van der Waals surface area contributed by atoms with Crippen molar-refractivity contribution in [1.29, 1.82) is 0 Å². The smallest absolute Gasteiger partial charge is 0.136 e. The molecule has 1 rings (SSSR count). The molecule has 0 radical (unpaired) electrons. The summed E-state index contributed by atoms with van der Waals surface area (Å²) in [6.45, 7) is 2.35. The van der Waals surface area contributed by atoms with Crippen LogP contribution in [0.3, 0.4) is 0 Å². The minimum absolute atomic E-state index is 0.361. The lowest BCUT2D eigenvalue weighted by atomic mass is 9.92. The Labute approximate surface area is 146 Å². The third kappa shape index (κ3) is 6.58. The molecule has 1 fully saturated rings. The Morgan fingerprint density at radius 3 is 1.67 bits per heavy atom. The lowest BCUT2D eigenvalue weighted by molar-refractivity contribution is -0.222. The number of rotatable bonds is 12. The van der Waals surface area contributed by atoms with Crippen LogP contribution >= 0.6 is 0 Å². The largest absolute Gasteiger partial charge is 0.395 e. The molecular formula is C18H37NO5. The molecule has 0 aliphatic carbocycles. The summed E-state index contributed by atoms with van der Waals surface area (Å²) in [5.41, 5.74) is 0. The Bertz CT molecular complexity index is 318. The van der Waals surface area contributed by atoms with Crippen LogP contribution in [0.4, 0.5) is 0 Å². The zero-order chi connectivity index (χ0) is 17.9. The van der Waals surface area contributed by atoms with Crippen LogP contribution < -0.4 is 0 Å². The van der Waals surface area contributed by atoms with E-state index < -0.39 is 30.6 Å². The van der Waals surface area contributed by atoms with E-state index in [9.17, 15) is 25.5 Å². The first-order chi connectivity index (χ1) is 11.5. The minimum Gasteiger partial charge on any atom is -0.395 e. The van der Waals surface area contributed by atoms with Gasteiger partial charge in [0.1, 0.15) is 24.5 Å². The van der Waals surface area contributed by atoms with E-state index in [0.29, 0.717) is 6.54 Å². The standard InChI is InChI=1S/C18H37NO5/c1-2-3-4-5-6-7-8-9-10-11-12-19-14(13-20)15(21)16(22)17(23)18(19)24/h14-18,20-24H,2-13H2,1H3/t14-,15+,16+,17-,18?/m1/s1. The summed E-state index contributed by atoms with van der Waals surface area (Å²) in [4.78, 5) is 1.51. The SMILES string of the molecule is CCCCCCCCCCCCN1C(O)[C@H](O)[C@@H](O)[C@@H](O)[C@H]1CO. The summed E-state index contributed by atoms with van der Waals surface area (Å²) in [5, 5.41) is 48.9. The lowest BCUT2D eigenvalue weighted by Crippen LogP contribution is -2.67. The van der Waals surface area contributed by atoms with Gasteiger partial charge in [0.25, 0.3) is 0 Å². The van der Waals surface area contributed by atoms with Gasteiger partial charge in [0.05, 0.1) is 12.6 Å². The number of unbranched alkanes of at least 4 members (excludes halogenated alkanes) is 9. The second kappa shape index (κ2) is 12.2. The van der Waals surface area contributed by atoms with Gasteiger partial charge in [-0.2, -0.15) is 0 Å². The molecule has 1 heterocycles. The zero-order valence-corrected chi connectivity index (χ0v) is 15.1. The molecule has 0 aromatic carbocycles. The first-order valence-electron chi connectivity index (χ1n) is 9.63. The predicted molar refractivity (Wildman–Crippen MR) is 93.5 cm³/mol. The summed E-state index contributed by atoms with van der Waals surface area (Å²) in [6.07, 6.45) is 6.68. The van der Waals surface area contributed by atoms with E-state index in [1.54, 1.807) is 0 Å². The number of aliphatic hydroxyl groups excluding tert-OH is 5. The maximum atomic E-state index is 10.1. The van der Waals surface area contributed by atoms with Crippen LogP contribution in [0.15, 0.2) is 0 Å². The molecule has 1 aliphatic heterocycles. The predicted octanol–water partition coefficient (Wildman–Crippen LogP) is 0.985. The monoisotopic (exact) mass is 347 g/mol. The number of aliphatic hydroxyl groups is 5. The van der Waals surface area contributed by atoms with Gasteiger partial charge >= 0.3 is 0 Å². The van der Waals surface area contributed by atoms with E-state index in [1.807, 2.05) is 0 Å². The summed E-state index contributed by atoms with van der Waals surface area (Å²) < 4.78 is 0. The fraction of sp³-hybridized carbons (Fsp3) is 1.00. The van der Waals surface area contributed by atoms with Gasteiger partial charge in [-0.1, -0.05) is 64.7 Å². The van der Waals surface area contributed by atoms with Crippen molar-refractivity contribution in [3.63, 3.8) is 0 Å². The summed E-state index contributed by atoms with van der Waals surface area (Å²) >= 11 is 0. The summed E-state index contributed by atoms with van der Waals surface area (Å²) in [5.74, 6) is 0. The van der Waals surface area contributed by atoms with E-state index in [4.69, 9.17) is 0 Å². The van der Waals surface area contributed by atoms with Crippen molar-refractivity contribution in [1.82, 2.24) is 4.90 Å². The fourth-order valence-corrected chi connectivity index (χ4v) is 3.49. The second-order valence-electron chi connectivity index (χ2n) is 7.06. The highest BCUT2D eigenvalue weighted by Gasteiger charge is 2.46. The third-order valence-corrected chi connectivity index (χ3v) is 5.12. The van der Waals surface area contributed by atoms with Gasteiger partial charge in [-0.15, -0.1) is 0 Å². The maximum absolute atomic E-state index is 10.1. The maximum Gasteiger partial charge on any atom is 0.136 e. The van der Waals surface area contributed by atoms with Gasteiger partial charge in [-0.05, 0) is 6.42 Å². The quantitative estimate of drug-likeness (QED) is 0.337. The molecule has 6 heteroatoms. The highest BCUT2D eigenvalue weighted by Crippen LogP contribution is 2.24. The van der Waals surface area contributed by atoms with Crippen molar-refractivity contribution < 1.29 is 25.5 Å². The highest BCUT2D eigenvalue weighted by molar-refractivity contribution is 4.96. The normalized spacial score (nSPS) is 31.5. The molecule has 5 atom stereocenters. The van der Waals surface area contributed by atoms with Crippen LogP contribution in [0.2, 0.25) is 0 Å². The Morgan fingerprint density at radius 1 is 0.667 bits per heavy atom. The van der Waals surface area contributed by atoms with Gasteiger partial charge in [-0.25, -0.2) is 0 Å². The van der Waals surface area contributed by atoms with Crippen LogP contribution in [0.1, 0.15) is 71.1 Å². The first kappa shape index (κ1) is 21.8. The summed E-state index contributed by atoms with van der Waals surface area (Å²) in [6, 6.07) is -0.739. The molecule has 0 amide bonds. The van der Waals surface area contributed by atoms with Gasteiger partial charge in [0.15, 0.2) is 0 Å². The highest BCUT2D eigenvalue weighted by atomic mass is 16.4. The average Bonchev–Trinajstić information content (AvgIpc) is 2.59. The van der Waals surface area contributed by atoms with Crippen molar-refractivity contribution in [3.05, 3.63) is 0 Å². The number of hydrogen-bond donors (Lipinski definition) is 5. The number of likely N-dealkylation sites (tertiary alicyclic amines) is 1. The van der Waals surface area contributed by atoms with Gasteiger partial charge in [-0.3, -0.25) is 4.90 Å². The van der Waals surface area contributed by atoms with E-state index in [2.05, 4.69) is 6.92 Å². The van der Waals surface area contributed by atoms with Crippen molar-refractivity contribution >= 4 is 0 Å². The van der Waals surface area contributed by atoms with Gasteiger partial charge in [0.2, 0.25) is 0 Å². The molecule has 0 bridgehead atoms. The number of hydrogen-bond acceptors (Lipinski definition) is 6. The Hall–Kier alpha value is -0.240. The zero-order valence-electron chi connectivity index (χ0n) is 15.1. The molecule has 0 saturated carbocycles. The van der Waals surface area contributed by atoms with E-state index >= 15 is 0 Å². The number of piperidine rings is 1. The first-order valence-corrected chi connectivity index (χ1v) is 9.63. The van der Waals surface area contributed by atoms with E-state index in [0.717, 1.165) is 19.3 Å². The fourth-order valence-electron chi connectivity index (χ4n) is 3.49. The summed E-state index contributed by atoms with van der Waals surface area (Å²) in [7, 11) is 0. The molecule has 1 unspecified atom stereocenters. The molecule has 0 aromatic heterocycles. The van der Waals surface area contributed by atoms with Crippen molar-refractivity contribution in [2.75, 3.05) is 13.2 Å². The van der Waals surface area contributed by atoms with Crippen LogP contribution in [0.5, 0.6) is 0 Å². The second-order valence-corrected chi connectivity index (χ2v) is 7.06.